The molecule has 142 valence electrons. The van der Waals surface area contributed by atoms with E-state index in [-0.39, 0.29) is 16.9 Å². The molecule has 0 aromatic heterocycles. The third kappa shape index (κ3) is 5.04. The molecule has 0 aliphatic carbocycles. The molecule has 0 spiro atoms. The summed E-state index contributed by atoms with van der Waals surface area (Å²) in [6, 6.07) is 9.18. The highest BCUT2D eigenvalue weighted by Crippen LogP contribution is 2.32. The number of halogens is 2. The zero-order valence-electron chi connectivity index (χ0n) is 16.0. The standard InChI is InChI=1S/C21H26ClFO3/c1-6-25-19-12-14(11-18(24-5)20(19)23)9-10-26-17-8-7-15(13-16(17)22)21(2,3)4/h7-8,11-13H,6,9-10H2,1-5H3. The maximum atomic E-state index is 14.1. The van der Waals surface area contributed by atoms with Gasteiger partial charge in [0.25, 0.3) is 0 Å². The Morgan fingerprint density at radius 3 is 2.27 bits per heavy atom. The molecule has 5 heteroatoms. The largest absolute Gasteiger partial charge is 0.494 e. The predicted octanol–water partition coefficient (Wildman–Crippen LogP) is 5.81. The van der Waals surface area contributed by atoms with E-state index in [1.54, 1.807) is 12.1 Å². The molecule has 0 radical (unpaired) electrons. The van der Waals surface area contributed by atoms with Crippen LogP contribution < -0.4 is 14.2 Å². The Hall–Kier alpha value is -1.94. The first kappa shape index (κ1) is 20.4. The molecule has 0 saturated heterocycles. The highest BCUT2D eigenvalue weighted by atomic mass is 35.5. The molecule has 0 heterocycles. The van der Waals surface area contributed by atoms with E-state index >= 15 is 0 Å². The summed E-state index contributed by atoms with van der Waals surface area (Å²) in [7, 11) is 1.44. The molecule has 0 amide bonds. The summed E-state index contributed by atoms with van der Waals surface area (Å²) in [4.78, 5) is 0. The normalized spacial score (nSPS) is 11.3. The van der Waals surface area contributed by atoms with Gasteiger partial charge in [-0.25, -0.2) is 0 Å². The average molecular weight is 381 g/mol. The Morgan fingerprint density at radius 2 is 1.69 bits per heavy atom. The van der Waals surface area contributed by atoms with E-state index in [2.05, 4.69) is 20.8 Å². The van der Waals surface area contributed by atoms with Crippen LogP contribution in [0.25, 0.3) is 0 Å². The molecule has 0 N–H and O–H groups in total. The Labute approximate surface area is 160 Å². The van der Waals surface area contributed by atoms with Crippen LogP contribution in [-0.4, -0.2) is 20.3 Å². The fourth-order valence-corrected chi connectivity index (χ4v) is 2.78. The molecule has 2 rings (SSSR count). The summed E-state index contributed by atoms with van der Waals surface area (Å²) < 4.78 is 30.3. The number of ether oxygens (including phenoxy) is 3. The van der Waals surface area contributed by atoms with Gasteiger partial charge < -0.3 is 14.2 Å². The van der Waals surface area contributed by atoms with E-state index in [9.17, 15) is 4.39 Å². The zero-order chi connectivity index (χ0) is 19.3. The van der Waals surface area contributed by atoms with E-state index in [4.69, 9.17) is 25.8 Å². The SMILES string of the molecule is CCOc1cc(CCOc2ccc(C(C)(C)C)cc2Cl)cc(OC)c1F. The minimum atomic E-state index is -0.486. The van der Waals surface area contributed by atoms with Crippen molar-refractivity contribution in [3.05, 3.63) is 52.3 Å². The lowest BCUT2D eigenvalue weighted by atomic mass is 9.87. The topological polar surface area (TPSA) is 27.7 Å². The molecular weight excluding hydrogens is 355 g/mol. The smallest absolute Gasteiger partial charge is 0.206 e. The first-order valence-electron chi connectivity index (χ1n) is 8.68. The van der Waals surface area contributed by atoms with E-state index in [1.165, 1.54) is 7.11 Å². The summed E-state index contributed by atoms with van der Waals surface area (Å²) in [5.41, 5.74) is 2.05. The molecule has 0 bridgehead atoms. The Kier molecular flexibility index (Phi) is 6.76. The van der Waals surface area contributed by atoms with Crippen LogP contribution in [0.5, 0.6) is 17.2 Å². The molecule has 3 nitrogen and oxygen atoms in total. The van der Waals surface area contributed by atoms with Crippen molar-refractivity contribution in [3.8, 4) is 17.2 Å². The first-order valence-corrected chi connectivity index (χ1v) is 9.06. The molecule has 0 aliphatic heterocycles. The van der Waals surface area contributed by atoms with Crippen LogP contribution in [-0.2, 0) is 11.8 Å². The van der Waals surface area contributed by atoms with E-state index < -0.39 is 5.82 Å². The van der Waals surface area contributed by atoms with E-state index in [0.29, 0.717) is 30.4 Å². The van der Waals surface area contributed by atoms with Crippen molar-refractivity contribution >= 4 is 11.6 Å². The molecule has 0 unspecified atom stereocenters. The zero-order valence-corrected chi connectivity index (χ0v) is 16.7. The lowest BCUT2D eigenvalue weighted by Gasteiger charge is -2.20. The molecule has 0 saturated carbocycles. The molecule has 26 heavy (non-hydrogen) atoms. The van der Waals surface area contributed by atoms with Crippen LogP contribution in [0.3, 0.4) is 0 Å². The van der Waals surface area contributed by atoms with Gasteiger partial charge in [0.1, 0.15) is 5.75 Å². The van der Waals surface area contributed by atoms with Crippen molar-refractivity contribution in [1.29, 1.82) is 0 Å². The van der Waals surface area contributed by atoms with Gasteiger partial charge in [0, 0.05) is 6.42 Å². The maximum Gasteiger partial charge on any atom is 0.206 e. The monoisotopic (exact) mass is 380 g/mol. The average Bonchev–Trinajstić information content (AvgIpc) is 2.58. The summed E-state index contributed by atoms with van der Waals surface area (Å²) >= 11 is 6.34. The molecule has 0 aliphatic rings. The molecule has 2 aromatic rings. The highest BCUT2D eigenvalue weighted by Gasteiger charge is 2.16. The summed E-state index contributed by atoms with van der Waals surface area (Å²) in [5.74, 6) is 0.506. The third-order valence-electron chi connectivity index (χ3n) is 4.03. The number of hydrogen-bond acceptors (Lipinski definition) is 3. The second kappa shape index (κ2) is 8.63. The van der Waals surface area contributed by atoms with Gasteiger partial charge in [0.15, 0.2) is 11.5 Å². The molecule has 2 aromatic carbocycles. The fourth-order valence-electron chi connectivity index (χ4n) is 2.54. The second-order valence-corrected chi connectivity index (χ2v) is 7.44. The van der Waals surface area contributed by atoms with E-state index in [1.807, 2.05) is 25.1 Å². The second-order valence-electron chi connectivity index (χ2n) is 7.04. The van der Waals surface area contributed by atoms with Gasteiger partial charge in [0.05, 0.1) is 25.3 Å². The van der Waals surface area contributed by atoms with E-state index in [0.717, 1.165) is 11.1 Å². The van der Waals surface area contributed by atoms with Crippen molar-refractivity contribution in [2.45, 2.75) is 39.5 Å². The predicted molar refractivity (Wildman–Crippen MR) is 103 cm³/mol. The Morgan fingerprint density at radius 1 is 1.00 bits per heavy atom. The number of benzene rings is 2. The van der Waals surface area contributed by atoms with Crippen LogP contribution in [0.15, 0.2) is 30.3 Å². The number of methoxy groups -OCH3 is 1. The maximum absolute atomic E-state index is 14.1. The minimum Gasteiger partial charge on any atom is -0.494 e. The number of hydrogen-bond donors (Lipinski definition) is 0. The van der Waals surface area contributed by atoms with Crippen molar-refractivity contribution in [2.75, 3.05) is 20.3 Å². The molecule has 0 fully saturated rings. The van der Waals surface area contributed by atoms with Crippen molar-refractivity contribution in [2.24, 2.45) is 0 Å². The van der Waals surface area contributed by atoms with Gasteiger partial charge in [-0.05, 0) is 47.7 Å². The number of rotatable bonds is 7. The van der Waals surface area contributed by atoms with Crippen LogP contribution in [0.1, 0.15) is 38.8 Å². The van der Waals surface area contributed by atoms with Crippen molar-refractivity contribution in [3.63, 3.8) is 0 Å². The van der Waals surface area contributed by atoms with Gasteiger partial charge in [-0.15, -0.1) is 0 Å². The van der Waals surface area contributed by atoms with Crippen molar-refractivity contribution < 1.29 is 18.6 Å². The van der Waals surface area contributed by atoms with Crippen LogP contribution in [0.4, 0.5) is 4.39 Å². The Bertz CT molecular complexity index is 754. The van der Waals surface area contributed by atoms with Gasteiger partial charge in [0.2, 0.25) is 5.82 Å². The summed E-state index contributed by atoms with van der Waals surface area (Å²) in [6.45, 7) is 9.01. The third-order valence-corrected chi connectivity index (χ3v) is 4.33. The summed E-state index contributed by atoms with van der Waals surface area (Å²) in [6.07, 6.45) is 0.577. The Balaban J connectivity index is 2.07. The lowest BCUT2D eigenvalue weighted by molar-refractivity contribution is 0.305. The van der Waals surface area contributed by atoms with Gasteiger partial charge in [-0.3, -0.25) is 0 Å². The minimum absolute atomic E-state index is 0.0303. The first-order chi connectivity index (χ1) is 12.3. The fraction of sp³-hybridized carbons (Fsp3) is 0.429. The lowest BCUT2D eigenvalue weighted by Crippen LogP contribution is -2.11. The molecular formula is C21H26ClFO3. The van der Waals surface area contributed by atoms with Crippen LogP contribution in [0, 0.1) is 5.82 Å². The summed E-state index contributed by atoms with van der Waals surface area (Å²) in [5, 5.41) is 0.587. The van der Waals surface area contributed by atoms with Crippen molar-refractivity contribution in [1.82, 2.24) is 0 Å². The quantitative estimate of drug-likeness (QED) is 0.607. The molecule has 0 atom stereocenters. The highest BCUT2D eigenvalue weighted by molar-refractivity contribution is 6.32. The van der Waals surface area contributed by atoms with Gasteiger partial charge in [-0.2, -0.15) is 4.39 Å². The van der Waals surface area contributed by atoms with Gasteiger partial charge in [-0.1, -0.05) is 38.4 Å². The van der Waals surface area contributed by atoms with Crippen LogP contribution in [0.2, 0.25) is 5.02 Å². The van der Waals surface area contributed by atoms with Gasteiger partial charge >= 0.3 is 0 Å². The van der Waals surface area contributed by atoms with Crippen LogP contribution >= 0.6 is 11.6 Å².